The molecule has 0 bridgehead atoms. The Morgan fingerprint density at radius 1 is 1.36 bits per heavy atom. The Labute approximate surface area is 130 Å². The first-order valence-corrected chi connectivity index (χ1v) is 7.50. The molecule has 4 nitrogen and oxygen atoms in total. The highest BCUT2D eigenvalue weighted by Gasteiger charge is 2.18. The molecule has 2 aromatic rings. The lowest BCUT2D eigenvalue weighted by Gasteiger charge is -2.20. The molecule has 1 heterocycles. The molecule has 1 amide bonds. The molecule has 1 aromatic heterocycles. The van der Waals surface area contributed by atoms with Gasteiger partial charge < -0.3 is 16.2 Å². The molecule has 0 radical (unpaired) electrons. The van der Waals surface area contributed by atoms with Crippen LogP contribution in [0.5, 0.6) is 0 Å². The van der Waals surface area contributed by atoms with Crippen molar-refractivity contribution in [3.63, 3.8) is 0 Å². The molecule has 7 heteroatoms. The smallest absolute Gasteiger partial charge is 0.249 e. The average Bonchev–Trinajstić information content (AvgIpc) is 2.96. The van der Waals surface area contributed by atoms with Crippen LogP contribution >= 0.6 is 11.3 Å². The van der Waals surface area contributed by atoms with Crippen LogP contribution < -0.4 is 11.1 Å². The van der Waals surface area contributed by atoms with Crippen LogP contribution in [0, 0.1) is 11.6 Å². The fourth-order valence-electron chi connectivity index (χ4n) is 1.96. The van der Waals surface area contributed by atoms with Gasteiger partial charge >= 0.3 is 0 Å². The predicted octanol–water partition coefficient (Wildman–Crippen LogP) is 2.34. The zero-order valence-corrected chi connectivity index (χ0v) is 12.7. The minimum atomic E-state index is -0.992. The van der Waals surface area contributed by atoms with Gasteiger partial charge in [0.15, 0.2) is 11.6 Å². The van der Waals surface area contributed by atoms with Crippen molar-refractivity contribution in [1.29, 1.82) is 0 Å². The summed E-state index contributed by atoms with van der Waals surface area (Å²) >= 11 is 1.38. The Hall–Kier alpha value is -1.83. The van der Waals surface area contributed by atoms with Crippen molar-refractivity contribution in [3.8, 4) is 0 Å². The monoisotopic (exact) mass is 326 g/mol. The van der Waals surface area contributed by atoms with E-state index in [1.54, 1.807) is 18.4 Å². The van der Waals surface area contributed by atoms with E-state index in [4.69, 9.17) is 5.73 Å². The topological polar surface area (TPSA) is 75.3 Å². The van der Waals surface area contributed by atoms with Gasteiger partial charge in [-0.25, -0.2) is 8.78 Å². The molecule has 2 rings (SSSR count). The molecule has 0 aliphatic carbocycles. The van der Waals surface area contributed by atoms with Crippen LogP contribution in [0.2, 0.25) is 0 Å². The number of nitrogens with two attached hydrogens (primary N) is 1. The summed E-state index contributed by atoms with van der Waals surface area (Å²) in [6.45, 7) is 2.16. The van der Waals surface area contributed by atoms with Crippen molar-refractivity contribution in [1.82, 2.24) is 5.32 Å². The summed E-state index contributed by atoms with van der Waals surface area (Å²) in [4.78, 5) is 11.9. The normalized spacial score (nSPS) is 13.8. The van der Waals surface area contributed by atoms with Crippen molar-refractivity contribution >= 4 is 17.2 Å². The van der Waals surface area contributed by atoms with E-state index in [-0.39, 0.29) is 6.04 Å². The first-order chi connectivity index (χ1) is 10.4. The van der Waals surface area contributed by atoms with Crippen LogP contribution in [-0.2, 0) is 6.54 Å². The maximum absolute atomic E-state index is 13.2. The first-order valence-electron chi connectivity index (χ1n) is 6.62. The van der Waals surface area contributed by atoms with E-state index >= 15 is 0 Å². The summed E-state index contributed by atoms with van der Waals surface area (Å²) in [5.74, 6) is -2.43. The Kier molecular flexibility index (Phi) is 5.23. The highest BCUT2D eigenvalue weighted by molar-refractivity contribution is 7.10. The van der Waals surface area contributed by atoms with Crippen molar-refractivity contribution < 1.29 is 18.7 Å². The molecule has 0 aliphatic heterocycles. The van der Waals surface area contributed by atoms with E-state index < -0.39 is 23.6 Å². The molecule has 0 fully saturated rings. The number of carbonyl (C=O) groups is 1. The van der Waals surface area contributed by atoms with E-state index in [1.165, 1.54) is 17.4 Å². The van der Waals surface area contributed by atoms with E-state index in [2.05, 4.69) is 5.32 Å². The predicted molar refractivity (Wildman–Crippen MR) is 80.5 cm³/mol. The third-order valence-corrected chi connectivity index (χ3v) is 4.23. The molecular weight excluding hydrogens is 310 g/mol. The summed E-state index contributed by atoms with van der Waals surface area (Å²) in [5.41, 5.74) is 5.91. The zero-order valence-electron chi connectivity index (χ0n) is 11.8. The molecular formula is C15H16F2N2O2S. The van der Waals surface area contributed by atoms with Gasteiger partial charge in [-0.05, 0) is 30.7 Å². The quantitative estimate of drug-likeness (QED) is 0.763. The molecule has 0 aliphatic rings. The molecule has 4 N–H and O–H groups in total. The first kappa shape index (κ1) is 16.5. The van der Waals surface area contributed by atoms with Gasteiger partial charge in [-0.2, -0.15) is 0 Å². The lowest BCUT2D eigenvalue weighted by Crippen LogP contribution is -2.31. The largest absolute Gasteiger partial charge is 0.387 e. The number of aliphatic hydroxyl groups excluding tert-OH is 1. The number of benzene rings is 1. The maximum Gasteiger partial charge on any atom is 0.249 e. The second kappa shape index (κ2) is 6.95. The summed E-state index contributed by atoms with van der Waals surface area (Å²) in [7, 11) is 0. The fraction of sp³-hybridized carbons (Fsp3) is 0.267. The maximum atomic E-state index is 13.2. The van der Waals surface area contributed by atoms with E-state index in [0.29, 0.717) is 17.7 Å². The Morgan fingerprint density at radius 2 is 2.09 bits per heavy atom. The molecule has 1 aromatic carbocycles. The molecule has 22 heavy (non-hydrogen) atoms. The van der Waals surface area contributed by atoms with E-state index in [9.17, 15) is 18.7 Å². The average molecular weight is 326 g/mol. The highest BCUT2D eigenvalue weighted by atomic mass is 32.1. The Morgan fingerprint density at radius 3 is 2.68 bits per heavy atom. The number of nitrogens with one attached hydrogen (secondary N) is 1. The summed E-state index contributed by atoms with van der Waals surface area (Å²) in [5, 5.41) is 14.9. The molecule has 0 saturated carbocycles. The van der Waals surface area contributed by atoms with Gasteiger partial charge in [0.25, 0.3) is 0 Å². The van der Waals surface area contributed by atoms with Crippen LogP contribution in [0.4, 0.5) is 8.78 Å². The number of carbonyl (C=O) groups excluding carboxylic acids is 1. The second-order valence-electron chi connectivity index (χ2n) is 4.95. The van der Waals surface area contributed by atoms with Crippen molar-refractivity contribution in [3.05, 3.63) is 57.3 Å². The zero-order chi connectivity index (χ0) is 16.3. The van der Waals surface area contributed by atoms with Crippen LogP contribution in [0.15, 0.2) is 29.6 Å². The third-order valence-electron chi connectivity index (χ3n) is 3.30. The van der Waals surface area contributed by atoms with Crippen LogP contribution in [-0.4, -0.2) is 17.1 Å². The SMILES string of the molecule is CC(NCc1cc(C(N)=O)cs1)C(O)c1ccc(F)c(F)c1. The molecule has 2 atom stereocenters. The number of primary amides is 1. The molecule has 0 saturated heterocycles. The van der Waals surface area contributed by atoms with Gasteiger partial charge in [-0.1, -0.05) is 6.07 Å². The molecule has 0 spiro atoms. The lowest BCUT2D eigenvalue weighted by atomic mass is 10.0. The minimum absolute atomic E-state index is 0.294. The van der Waals surface area contributed by atoms with Crippen molar-refractivity contribution in [2.45, 2.75) is 25.6 Å². The molecule has 118 valence electrons. The van der Waals surface area contributed by atoms with Gasteiger partial charge in [0.2, 0.25) is 5.91 Å². The highest BCUT2D eigenvalue weighted by Crippen LogP contribution is 2.20. The number of amides is 1. The number of hydrogen-bond donors (Lipinski definition) is 3. The molecule has 2 unspecified atom stereocenters. The van der Waals surface area contributed by atoms with Gasteiger partial charge in [0.1, 0.15) is 0 Å². The number of hydrogen-bond acceptors (Lipinski definition) is 4. The lowest BCUT2D eigenvalue weighted by molar-refractivity contribution is 0.100. The van der Waals surface area contributed by atoms with Gasteiger partial charge in [0, 0.05) is 22.8 Å². The summed E-state index contributed by atoms with van der Waals surface area (Å²) < 4.78 is 26.1. The third kappa shape index (κ3) is 3.88. The number of thiophene rings is 1. The minimum Gasteiger partial charge on any atom is -0.387 e. The van der Waals surface area contributed by atoms with Crippen LogP contribution in [0.3, 0.4) is 0 Å². The Bertz CT molecular complexity index is 675. The number of aliphatic hydroxyl groups is 1. The summed E-state index contributed by atoms with van der Waals surface area (Å²) in [6.07, 6.45) is -0.981. The van der Waals surface area contributed by atoms with Crippen molar-refractivity contribution in [2.24, 2.45) is 5.73 Å². The van der Waals surface area contributed by atoms with Gasteiger partial charge in [-0.15, -0.1) is 11.3 Å². The standard InChI is InChI=1S/C15H16F2N2O2S/c1-8(14(20)9-2-3-12(16)13(17)5-9)19-6-11-4-10(7-22-11)15(18)21/h2-5,7-8,14,19-20H,6H2,1H3,(H2,18,21). The van der Waals surface area contributed by atoms with Gasteiger partial charge in [0.05, 0.1) is 11.7 Å². The van der Waals surface area contributed by atoms with E-state index in [0.717, 1.165) is 17.0 Å². The second-order valence-corrected chi connectivity index (χ2v) is 5.95. The van der Waals surface area contributed by atoms with Gasteiger partial charge in [-0.3, -0.25) is 4.79 Å². The van der Waals surface area contributed by atoms with E-state index in [1.807, 2.05) is 0 Å². The number of rotatable bonds is 6. The number of halogens is 2. The van der Waals surface area contributed by atoms with Crippen molar-refractivity contribution in [2.75, 3.05) is 0 Å². The summed E-state index contributed by atoms with van der Waals surface area (Å²) in [6, 6.07) is 4.60. The fourth-order valence-corrected chi connectivity index (χ4v) is 2.79. The van der Waals surface area contributed by atoms with Crippen LogP contribution in [0.1, 0.15) is 33.8 Å². The Balaban J connectivity index is 1.97. The van der Waals surface area contributed by atoms with Crippen LogP contribution in [0.25, 0.3) is 0 Å².